The van der Waals surface area contributed by atoms with Crippen molar-refractivity contribution in [2.24, 2.45) is 0 Å². The molecule has 0 N–H and O–H groups in total. The van der Waals surface area contributed by atoms with E-state index in [9.17, 15) is 0 Å². The van der Waals surface area contributed by atoms with Gasteiger partial charge >= 0.3 is 0 Å². The average Bonchev–Trinajstić information content (AvgIpc) is 3.13. The van der Waals surface area contributed by atoms with Gasteiger partial charge in [-0.3, -0.25) is 0 Å². The predicted octanol–water partition coefficient (Wildman–Crippen LogP) is 8.51. The van der Waals surface area contributed by atoms with Crippen LogP contribution in [0.1, 0.15) is 121 Å². The molecule has 2 aliphatic carbocycles. The Morgan fingerprint density at radius 1 is 0.765 bits per heavy atom. The highest BCUT2D eigenvalue weighted by Crippen LogP contribution is 2.54. The number of hydrogen-bond donors (Lipinski definition) is 0. The maximum Gasteiger partial charge on any atom is 0.282 e. The van der Waals surface area contributed by atoms with E-state index in [4.69, 9.17) is 0 Å². The molecule has 0 bridgehead atoms. The van der Waals surface area contributed by atoms with E-state index < -0.39 is 0 Å². The van der Waals surface area contributed by atoms with Crippen LogP contribution in [0.5, 0.6) is 0 Å². The van der Waals surface area contributed by atoms with Crippen molar-refractivity contribution in [3.63, 3.8) is 0 Å². The SMILES string of the molecule is CCCCCCCC[n+]1c(C)c(C)n(-c2ccccc2)c1P(C1CCCCC1)C1CCCCC1. The summed E-state index contributed by atoms with van der Waals surface area (Å²) < 4.78 is 5.55. The summed E-state index contributed by atoms with van der Waals surface area (Å²) in [5, 5.41) is 0. The van der Waals surface area contributed by atoms with Crippen LogP contribution in [-0.4, -0.2) is 15.9 Å². The van der Waals surface area contributed by atoms with E-state index in [0.717, 1.165) is 11.3 Å². The van der Waals surface area contributed by atoms with E-state index in [0.29, 0.717) is 0 Å². The number of aromatic nitrogens is 2. The van der Waals surface area contributed by atoms with Crippen molar-refractivity contribution in [3.05, 3.63) is 41.7 Å². The summed E-state index contributed by atoms with van der Waals surface area (Å²) in [6, 6.07) is 11.3. The highest BCUT2D eigenvalue weighted by molar-refractivity contribution is 7.66. The smallest absolute Gasteiger partial charge is 0.227 e. The molecule has 0 aliphatic heterocycles. The number of hydrogen-bond acceptors (Lipinski definition) is 0. The molecule has 0 saturated heterocycles. The van der Waals surface area contributed by atoms with E-state index in [1.807, 2.05) is 0 Å². The third kappa shape index (κ3) is 6.16. The summed E-state index contributed by atoms with van der Waals surface area (Å²) >= 11 is 0. The Morgan fingerprint density at radius 3 is 1.91 bits per heavy atom. The molecule has 2 aromatic rings. The van der Waals surface area contributed by atoms with Gasteiger partial charge in [-0.05, 0) is 62.0 Å². The molecule has 34 heavy (non-hydrogen) atoms. The fourth-order valence-electron chi connectivity index (χ4n) is 6.58. The average molecular weight is 482 g/mol. The first-order valence-electron chi connectivity index (χ1n) is 14.7. The molecular weight excluding hydrogens is 431 g/mol. The van der Waals surface area contributed by atoms with Crippen LogP contribution >= 0.6 is 7.92 Å². The molecule has 1 heterocycles. The van der Waals surface area contributed by atoms with Gasteiger partial charge in [0.1, 0.15) is 17.1 Å². The van der Waals surface area contributed by atoms with E-state index in [2.05, 4.69) is 60.2 Å². The second-order valence-corrected chi connectivity index (χ2v) is 13.7. The van der Waals surface area contributed by atoms with Gasteiger partial charge in [0.05, 0.1) is 6.54 Å². The maximum atomic E-state index is 2.83. The van der Waals surface area contributed by atoms with Crippen LogP contribution in [0.25, 0.3) is 5.69 Å². The van der Waals surface area contributed by atoms with Crippen molar-refractivity contribution in [1.82, 2.24) is 4.57 Å². The van der Waals surface area contributed by atoms with E-state index in [-0.39, 0.29) is 7.92 Å². The molecular formula is C31H50N2P+. The lowest BCUT2D eigenvalue weighted by atomic mass is 9.99. The van der Waals surface area contributed by atoms with Crippen molar-refractivity contribution in [2.45, 2.75) is 141 Å². The highest BCUT2D eigenvalue weighted by Gasteiger charge is 2.42. The molecule has 2 fully saturated rings. The van der Waals surface area contributed by atoms with Crippen LogP contribution in [0.2, 0.25) is 0 Å². The minimum atomic E-state index is -0.157. The zero-order valence-electron chi connectivity index (χ0n) is 22.4. The van der Waals surface area contributed by atoms with Crippen LogP contribution in [0.15, 0.2) is 30.3 Å². The Kier molecular flexibility index (Phi) is 10.1. The topological polar surface area (TPSA) is 8.81 Å². The van der Waals surface area contributed by atoms with Crippen molar-refractivity contribution >= 4 is 13.5 Å². The third-order valence-electron chi connectivity index (χ3n) is 8.62. The Balaban J connectivity index is 1.73. The second kappa shape index (κ2) is 13.2. The highest BCUT2D eigenvalue weighted by atomic mass is 31.1. The first-order valence-corrected chi connectivity index (χ1v) is 16.2. The van der Waals surface area contributed by atoms with Crippen LogP contribution in [0, 0.1) is 13.8 Å². The Morgan fingerprint density at radius 2 is 1.32 bits per heavy atom. The molecule has 0 atom stereocenters. The van der Waals surface area contributed by atoms with Crippen molar-refractivity contribution < 1.29 is 4.57 Å². The summed E-state index contributed by atoms with van der Waals surface area (Å²) in [6.07, 6.45) is 22.9. The Labute approximate surface area is 211 Å². The minimum Gasteiger partial charge on any atom is -0.227 e. The summed E-state index contributed by atoms with van der Waals surface area (Å²) in [5.41, 5.74) is 7.97. The van der Waals surface area contributed by atoms with E-state index in [1.54, 1.807) is 5.57 Å². The number of rotatable bonds is 11. The van der Waals surface area contributed by atoms with Crippen LogP contribution in [-0.2, 0) is 6.54 Å². The van der Waals surface area contributed by atoms with Crippen molar-refractivity contribution in [1.29, 1.82) is 0 Å². The zero-order valence-corrected chi connectivity index (χ0v) is 23.3. The monoisotopic (exact) mass is 481 g/mol. The summed E-state index contributed by atoms with van der Waals surface area (Å²) in [7, 11) is -0.157. The van der Waals surface area contributed by atoms with Gasteiger partial charge in [0.15, 0.2) is 0 Å². The van der Waals surface area contributed by atoms with Gasteiger partial charge in [-0.15, -0.1) is 0 Å². The van der Waals surface area contributed by atoms with Gasteiger partial charge in [0.2, 0.25) is 0 Å². The summed E-state index contributed by atoms with van der Waals surface area (Å²) in [4.78, 5) is 0. The minimum absolute atomic E-state index is 0.157. The maximum absolute atomic E-state index is 2.83. The lowest BCUT2D eigenvalue weighted by molar-refractivity contribution is -0.684. The molecule has 1 aromatic heterocycles. The van der Waals surface area contributed by atoms with E-state index >= 15 is 0 Å². The molecule has 0 amide bonds. The standard InChI is InChI=1S/C31H50N2P/c1-4-5-6-7-8-18-25-32-26(2)27(3)33(28-19-12-9-13-20-28)31(32)34(29-21-14-10-15-22-29)30-23-16-11-17-24-30/h9,12-13,19-20,29-30H,4-8,10-11,14-18,21-25H2,1-3H3/q+1. The lowest BCUT2D eigenvalue weighted by Gasteiger charge is -2.36. The number of nitrogens with zero attached hydrogens (tertiary/aromatic N) is 2. The largest absolute Gasteiger partial charge is 0.282 e. The fraction of sp³-hybridized carbons (Fsp3) is 0.710. The lowest BCUT2D eigenvalue weighted by Crippen LogP contribution is -2.52. The number of benzene rings is 1. The molecule has 0 spiro atoms. The first-order chi connectivity index (χ1) is 16.7. The second-order valence-electron chi connectivity index (χ2n) is 11.1. The molecule has 0 unspecified atom stereocenters. The number of para-hydroxylation sites is 1. The van der Waals surface area contributed by atoms with Gasteiger partial charge in [-0.2, -0.15) is 4.57 Å². The molecule has 0 radical (unpaired) electrons. The van der Waals surface area contributed by atoms with Gasteiger partial charge in [-0.1, -0.05) is 89.3 Å². The van der Waals surface area contributed by atoms with Crippen molar-refractivity contribution in [2.75, 3.05) is 0 Å². The molecule has 188 valence electrons. The quantitative estimate of drug-likeness (QED) is 0.173. The molecule has 4 rings (SSSR count). The Hall–Kier alpha value is -1.14. The normalized spacial score (nSPS) is 18.1. The number of imidazole rings is 1. The number of unbranched alkanes of at least 4 members (excludes halogenated alkanes) is 5. The molecule has 2 nitrogen and oxygen atoms in total. The zero-order chi connectivity index (χ0) is 23.8. The van der Waals surface area contributed by atoms with Crippen LogP contribution in [0.3, 0.4) is 0 Å². The molecule has 2 saturated carbocycles. The molecule has 3 heteroatoms. The fourth-order valence-corrected chi connectivity index (χ4v) is 10.7. The molecule has 1 aromatic carbocycles. The van der Waals surface area contributed by atoms with Gasteiger partial charge in [-0.25, -0.2) is 4.57 Å². The summed E-state index contributed by atoms with van der Waals surface area (Å²) in [6.45, 7) is 8.33. The Bertz CT molecular complexity index is 841. The van der Waals surface area contributed by atoms with E-state index in [1.165, 1.54) is 126 Å². The first kappa shape index (κ1) is 25.9. The van der Waals surface area contributed by atoms with Crippen molar-refractivity contribution in [3.8, 4) is 5.69 Å². The van der Waals surface area contributed by atoms with Crippen LogP contribution < -0.4 is 10.1 Å². The molecule has 2 aliphatic rings. The van der Waals surface area contributed by atoms with Crippen LogP contribution in [0.4, 0.5) is 0 Å². The third-order valence-corrected chi connectivity index (χ3v) is 12.1. The predicted molar refractivity (Wildman–Crippen MR) is 149 cm³/mol. The van der Waals surface area contributed by atoms with Gasteiger partial charge in [0, 0.05) is 21.8 Å². The van der Waals surface area contributed by atoms with Gasteiger partial charge in [0.25, 0.3) is 5.57 Å². The van der Waals surface area contributed by atoms with Gasteiger partial charge < -0.3 is 0 Å². The summed E-state index contributed by atoms with van der Waals surface area (Å²) in [5.74, 6) is 0.